The number of esters is 2. The number of rotatable bonds is 0. The Labute approximate surface area is 69.8 Å². The van der Waals surface area contributed by atoms with Gasteiger partial charge in [-0.1, -0.05) is 0 Å². The standard InChI is InChI=1S/C8H10O4/c9-7-8(10)12-6-4-2-1-3-5(6)11-7/h5-6H,1-4H2/t5-,6+. The third-order valence-electron chi connectivity index (χ3n) is 2.33. The summed E-state index contributed by atoms with van der Waals surface area (Å²) in [4.78, 5) is 21.5. The molecular formula is C8H10O4. The van der Waals surface area contributed by atoms with Gasteiger partial charge in [0.15, 0.2) is 0 Å². The largest absolute Gasteiger partial charge is 0.450 e. The Morgan fingerprint density at radius 2 is 1.33 bits per heavy atom. The molecule has 0 aromatic rings. The van der Waals surface area contributed by atoms with E-state index < -0.39 is 11.9 Å². The van der Waals surface area contributed by atoms with Crippen LogP contribution in [0.2, 0.25) is 0 Å². The summed E-state index contributed by atoms with van der Waals surface area (Å²) in [5, 5.41) is 0. The van der Waals surface area contributed by atoms with E-state index in [4.69, 9.17) is 9.47 Å². The predicted molar refractivity (Wildman–Crippen MR) is 38.2 cm³/mol. The van der Waals surface area contributed by atoms with Crippen molar-refractivity contribution in [3.8, 4) is 0 Å². The summed E-state index contributed by atoms with van der Waals surface area (Å²) in [5.74, 6) is -1.67. The molecule has 0 amide bonds. The van der Waals surface area contributed by atoms with Crippen LogP contribution in [0.4, 0.5) is 0 Å². The Balaban J connectivity index is 2.07. The highest BCUT2D eigenvalue weighted by atomic mass is 16.6. The summed E-state index contributed by atoms with van der Waals surface area (Å²) in [5.41, 5.74) is 0. The Bertz CT molecular complexity index is 199. The molecular weight excluding hydrogens is 160 g/mol. The lowest BCUT2D eigenvalue weighted by Gasteiger charge is -2.33. The minimum absolute atomic E-state index is 0.177. The lowest BCUT2D eigenvalue weighted by molar-refractivity contribution is -0.198. The number of ether oxygens (including phenoxy) is 2. The summed E-state index contributed by atoms with van der Waals surface area (Å²) >= 11 is 0. The van der Waals surface area contributed by atoms with Gasteiger partial charge in [-0.3, -0.25) is 0 Å². The van der Waals surface area contributed by atoms with Crippen molar-refractivity contribution in [3.05, 3.63) is 0 Å². The minimum Gasteiger partial charge on any atom is -0.450 e. The van der Waals surface area contributed by atoms with E-state index in [0.29, 0.717) is 0 Å². The molecule has 1 heterocycles. The van der Waals surface area contributed by atoms with E-state index in [1.54, 1.807) is 0 Å². The van der Waals surface area contributed by atoms with Crippen LogP contribution in [0, 0.1) is 0 Å². The summed E-state index contributed by atoms with van der Waals surface area (Å²) in [7, 11) is 0. The van der Waals surface area contributed by atoms with Crippen LogP contribution in [0.25, 0.3) is 0 Å². The van der Waals surface area contributed by atoms with Crippen LogP contribution in [0.3, 0.4) is 0 Å². The van der Waals surface area contributed by atoms with Gasteiger partial charge in [-0.25, -0.2) is 9.59 Å². The van der Waals surface area contributed by atoms with Crippen LogP contribution in [0.1, 0.15) is 25.7 Å². The second-order valence-corrected chi connectivity index (χ2v) is 3.17. The van der Waals surface area contributed by atoms with Crippen molar-refractivity contribution in [2.75, 3.05) is 0 Å². The molecule has 2 fully saturated rings. The van der Waals surface area contributed by atoms with E-state index in [9.17, 15) is 9.59 Å². The van der Waals surface area contributed by atoms with Gasteiger partial charge in [0.1, 0.15) is 12.2 Å². The maximum atomic E-state index is 10.8. The second-order valence-electron chi connectivity index (χ2n) is 3.17. The van der Waals surface area contributed by atoms with Gasteiger partial charge in [0.05, 0.1) is 0 Å². The van der Waals surface area contributed by atoms with Gasteiger partial charge in [-0.05, 0) is 25.7 Å². The molecule has 2 rings (SSSR count). The van der Waals surface area contributed by atoms with Crippen LogP contribution < -0.4 is 0 Å². The molecule has 0 bridgehead atoms. The Morgan fingerprint density at radius 1 is 0.917 bits per heavy atom. The molecule has 1 saturated carbocycles. The van der Waals surface area contributed by atoms with Crippen molar-refractivity contribution in [3.63, 3.8) is 0 Å². The van der Waals surface area contributed by atoms with Crippen LogP contribution in [0.15, 0.2) is 0 Å². The fraction of sp³-hybridized carbons (Fsp3) is 0.750. The quantitative estimate of drug-likeness (QED) is 0.390. The average molecular weight is 170 g/mol. The molecule has 2 aliphatic rings. The molecule has 2 atom stereocenters. The van der Waals surface area contributed by atoms with E-state index in [1.165, 1.54) is 0 Å². The number of hydrogen-bond donors (Lipinski definition) is 0. The molecule has 1 saturated heterocycles. The first kappa shape index (κ1) is 7.58. The lowest BCUT2D eigenvalue weighted by Crippen LogP contribution is -2.45. The Hall–Kier alpha value is -1.06. The predicted octanol–water partition coefficient (Wildman–Crippen LogP) is 0.398. The summed E-state index contributed by atoms with van der Waals surface area (Å²) in [6.07, 6.45) is 3.39. The highest BCUT2D eigenvalue weighted by molar-refractivity contribution is 6.30. The second kappa shape index (κ2) is 2.77. The van der Waals surface area contributed by atoms with Crippen LogP contribution in [-0.4, -0.2) is 24.1 Å². The van der Waals surface area contributed by atoms with Gasteiger partial charge in [0.2, 0.25) is 0 Å². The first-order chi connectivity index (χ1) is 5.77. The van der Waals surface area contributed by atoms with Gasteiger partial charge in [-0.15, -0.1) is 0 Å². The molecule has 0 aromatic heterocycles. The van der Waals surface area contributed by atoms with E-state index >= 15 is 0 Å². The average Bonchev–Trinajstić information content (AvgIpc) is 2.07. The first-order valence-corrected chi connectivity index (χ1v) is 4.19. The van der Waals surface area contributed by atoms with E-state index in [2.05, 4.69) is 0 Å². The molecule has 0 spiro atoms. The van der Waals surface area contributed by atoms with Crippen molar-refractivity contribution in [1.29, 1.82) is 0 Å². The zero-order valence-electron chi connectivity index (χ0n) is 6.62. The van der Waals surface area contributed by atoms with Crippen molar-refractivity contribution < 1.29 is 19.1 Å². The summed E-state index contributed by atoms with van der Waals surface area (Å²) in [6.45, 7) is 0. The molecule has 4 nitrogen and oxygen atoms in total. The normalized spacial score (nSPS) is 35.0. The molecule has 0 aromatic carbocycles. The molecule has 4 heteroatoms. The topological polar surface area (TPSA) is 52.6 Å². The fourth-order valence-corrected chi connectivity index (χ4v) is 1.70. The summed E-state index contributed by atoms with van der Waals surface area (Å²) < 4.78 is 9.78. The Kier molecular flexibility index (Phi) is 1.75. The van der Waals surface area contributed by atoms with Crippen LogP contribution in [0.5, 0.6) is 0 Å². The van der Waals surface area contributed by atoms with Gasteiger partial charge in [-0.2, -0.15) is 0 Å². The molecule has 0 radical (unpaired) electrons. The van der Waals surface area contributed by atoms with Crippen LogP contribution >= 0.6 is 0 Å². The highest BCUT2D eigenvalue weighted by Gasteiger charge is 2.39. The maximum absolute atomic E-state index is 10.8. The zero-order valence-corrected chi connectivity index (χ0v) is 6.62. The van der Waals surface area contributed by atoms with E-state index in [0.717, 1.165) is 25.7 Å². The van der Waals surface area contributed by atoms with Crippen molar-refractivity contribution >= 4 is 11.9 Å². The first-order valence-electron chi connectivity index (χ1n) is 4.19. The minimum atomic E-state index is -0.835. The fourth-order valence-electron chi connectivity index (χ4n) is 1.70. The highest BCUT2D eigenvalue weighted by Crippen LogP contribution is 2.26. The monoisotopic (exact) mass is 170 g/mol. The van der Waals surface area contributed by atoms with E-state index in [-0.39, 0.29) is 12.2 Å². The smallest absolute Gasteiger partial charge is 0.417 e. The number of carbonyl (C=O) groups excluding carboxylic acids is 2. The molecule has 12 heavy (non-hydrogen) atoms. The number of hydrogen-bond acceptors (Lipinski definition) is 4. The zero-order chi connectivity index (χ0) is 8.55. The van der Waals surface area contributed by atoms with Crippen molar-refractivity contribution in [1.82, 2.24) is 0 Å². The van der Waals surface area contributed by atoms with Crippen molar-refractivity contribution in [2.45, 2.75) is 37.9 Å². The third-order valence-corrected chi connectivity index (χ3v) is 2.33. The van der Waals surface area contributed by atoms with Crippen molar-refractivity contribution in [2.24, 2.45) is 0 Å². The molecule has 0 N–H and O–H groups in total. The molecule has 66 valence electrons. The maximum Gasteiger partial charge on any atom is 0.417 e. The van der Waals surface area contributed by atoms with Gasteiger partial charge >= 0.3 is 11.9 Å². The number of carbonyl (C=O) groups is 2. The number of fused-ring (bicyclic) bond motifs is 1. The Morgan fingerprint density at radius 3 is 1.75 bits per heavy atom. The molecule has 1 aliphatic heterocycles. The molecule has 1 aliphatic carbocycles. The SMILES string of the molecule is O=C1O[C@H]2CCCC[C@H]2OC1=O. The molecule has 0 unspecified atom stereocenters. The lowest BCUT2D eigenvalue weighted by atomic mass is 9.94. The third kappa shape index (κ3) is 1.17. The van der Waals surface area contributed by atoms with E-state index in [1.807, 2.05) is 0 Å². The van der Waals surface area contributed by atoms with Gasteiger partial charge in [0.25, 0.3) is 0 Å². The summed E-state index contributed by atoms with van der Waals surface area (Å²) in [6, 6.07) is 0. The van der Waals surface area contributed by atoms with Gasteiger partial charge < -0.3 is 9.47 Å². The van der Waals surface area contributed by atoms with Crippen LogP contribution in [-0.2, 0) is 19.1 Å². The van der Waals surface area contributed by atoms with Gasteiger partial charge in [0, 0.05) is 0 Å².